The quantitative estimate of drug-likeness (QED) is 0.567. The van der Waals surface area contributed by atoms with Crippen LogP contribution in [0.1, 0.15) is 23.6 Å². The van der Waals surface area contributed by atoms with E-state index in [9.17, 15) is 4.79 Å². The summed E-state index contributed by atoms with van der Waals surface area (Å²) >= 11 is 6.32. The first-order valence-electron chi connectivity index (χ1n) is 7.95. The van der Waals surface area contributed by atoms with Crippen LogP contribution >= 0.6 is 11.6 Å². The summed E-state index contributed by atoms with van der Waals surface area (Å²) in [6, 6.07) is 12.6. The van der Waals surface area contributed by atoms with Gasteiger partial charge in [-0.25, -0.2) is 4.79 Å². The van der Waals surface area contributed by atoms with E-state index < -0.39 is 11.5 Å². The first kappa shape index (κ1) is 19.4. The largest absolute Gasteiger partial charge is 0.490 e. The number of halogens is 1. The van der Waals surface area contributed by atoms with E-state index in [1.807, 2.05) is 38.1 Å². The molecule has 6 heteroatoms. The van der Waals surface area contributed by atoms with Gasteiger partial charge in [-0.2, -0.15) is 5.26 Å². The van der Waals surface area contributed by atoms with Crippen molar-refractivity contribution in [3.8, 4) is 17.6 Å². The minimum atomic E-state index is -1.30. The fourth-order valence-electron chi connectivity index (χ4n) is 2.30. The summed E-state index contributed by atoms with van der Waals surface area (Å²) in [6.07, 6.45) is 1.24. The first-order valence-corrected chi connectivity index (χ1v) is 8.32. The van der Waals surface area contributed by atoms with Crippen molar-refractivity contribution in [2.75, 3.05) is 6.61 Å². The van der Waals surface area contributed by atoms with Crippen molar-refractivity contribution in [3.05, 3.63) is 63.7 Å². The van der Waals surface area contributed by atoms with Gasteiger partial charge in [-0.3, -0.25) is 0 Å². The molecule has 0 radical (unpaired) electrons. The molecule has 0 unspecified atom stereocenters. The molecular weight excluding hydrogens is 354 g/mol. The second-order valence-corrected chi connectivity index (χ2v) is 5.86. The summed E-state index contributed by atoms with van der Waals surface area (Å²) in [7, 11) is 0. The lowest BCUT2D eigenvalue weighted by Gasteiger charge is -2.15. The number of carboxylic acid groups (broad SMARTS) is 1. The van der Waals surface area contributed by atoms with Gasteiger partial charge in [0.25, 0.3) is 0 Å². The maximum atomic E-state index is 11.0. The maximum Gasteiger partial charge on any atom is 0.346 e. The molecule has 0 saturated heterocycles. The SMILES string of the molecule is CCOc1cc(C=C(C#N)C(=O)O)cc(Cl)c1OCc1ccccc1C. The van der Waals surface area contributed by atoms with Gasteiger partial charge in [0.15, 0.2) is 11.5 Å². The van der Waals surface area contributed by atoms with E-state index in [0.29, 0.717) is 30.3 Å². The van der Waals surface area contributed by atoms with Crippen LogP contribution < -0.4 is 9.47 Å². The van der Waals surface area contributed by atoms with Crippen LogP contribution in [0.25, 0.3) is 6.08 Å². The Labute approximate surface area is 157 Å². The van der Waals surface area contributed by atoms with Gasteiger partial charge >= 0.3 is 5.97 Å². The summed E-state index contributed by atoms with van der Waals surface area (Å²) in [5.41, 5.74) is 2.17. The van der Waals surface area contributed by atoms with Gasteiger partial charge < -0.3 is 14.6 Å². The maximum absolute atomic E-state index is 11.0. The van der Waals surface area contributed by atoms with Gasteiger partial charge in [0.2, 0.25) is 0 Å². The molecule has 0 aliphatic carbocycles. The Kier molecular flexibility index (Phi) is 6.65. The monoisotopic (exact) mass is 371 g/mol. The molecule has 2 rings (SSSR count). The van der Waals surface area contributed by atoms with E-state index in [1.165, 1.54) is 12.1 Å². The number of carbonyl (C=O) groups is 1. The van der Waals surface area contributed by atoms with Crippen molar-refractivity contribution < 1.29 is 19.4 Å². The number of rotatable bonds is 7. The van der Waals surface area contributed by atoms with E-state index in [0.717, 1.165) is 11.1 Å². The summed E-state index contributed by atoms with van der Waals surface area (Å²) in [5, 5.41) is 18.2. The van der Waals surface area contributed by atoms with Crippen molar-refractivity contribution in [1.29, 1.82) is 5.26 Å². The number of aliphatic carboxylic acids is 1. The van der Waals surface area contributed by atoms with E-state index in [1.54, 1.807) is 12.1 Å². The molecule has 2 aromatic carbocycles. The predicted molar refractivity (Wildman–Crippen MR) is 99.4 cm³/mol. The molecule has 0 saturated carbocycles. The minimum Gasteiger partial charge on any atom is -0.490 e. The number of benzene rings is 2. The number of ether oxygens (including phenoxy) is 2. The highest BCUT2D eigenvalue weighted by molar-refractivity contribution is 6.32. The van der Waals surface area contributed by atoms with Crippen molar-refractivity contribution in [2.24, 2.45) is 0 Å². The molecule has 0 aliphatic rings. The van der Waals surface area contributed by atoms with E-state index in [4.69, 9.17) is 31.4 Å². The first-order chi connectivity index (χ1) is 12.5. The van der Waals surface area contributed by atoms with Crippen molar-refractivity contribution in [3.63, 3.8) is 0 Å². The third-order valence-corrected chi connectivity index (χ3v) is 3.91. The highest BCUT2D eigenvalue weighted by Gasteiger charge is 2.14. The minimum absolute atomic E-state index is 0.276. The highest BCUT2D eigenvalue weighted by Crippen LogP contribution is 2.38. The van der Waals surface area contributed by atoms with Crippen molar-refractivity contribution in [1.82, 2.24) is 0 Å². The average molecular weight is 372 g/mol. The van der Waals surface area contributed by atoms with Crippen LogP contribution in [0, 0.1) is 18.3 Å². The number of hydrogen-bond donors (Lipinski definition) is 1. The van der Waals surface area contributed by atoms with Crippen LogP contribution in [-0.2, 0) is 11.4 Å². The molecule has 0 atom stereocenters. The Bertz CT molecular complexity index is 884. The Hall–Kier alpha value is -2.97. The number of nitrogens with zero attached hydrogens (tertiary/aromatic N) is 1. The van der Waals surface area contributed by atoms with Crippen LogP contribution in [0.5, 0.6) is 11.5 Å². The molecule has 0 aliphatic heterocycles. The molecule has 2 aromatic rings. The fourth-order valence-corrected chi connectivity index (χ4v) is 2.58. The van der Waals surface area contributed by atoms with Gasteiger partial charge in [0, 0.05) is 0 Å². The fraction of sp³-hybridized carbons (Fsp3) is 0.200. The van der Waals surface area contributed by atoms with E-state index >= 15 is 0 Å². The summed E-state index contributed by atoms with van der Waals surface area (Å²) in [6.45, 7) is 4.51. The highest BCUT2D eigenvalue weighted by atomic mass is 35.5. The molecular formula is C20H18ClNO4. The molecule has 0 heterocycles. The Morgan fingerprint density at radius 3 is 2.65 bits per heavy atom. The molecule has 0 aromatic heterocycles. The standard InChI is InChI=1S/C20H18ClNO4/c1-3-25-18-10-14(8-16(11-22)20(23)24)9-17(21)19(18)26-12-15-7-5-4-6-13(15)2/h4-10H,3,12H2,1-2H3,(H,23,24). The zero-order valence-corrected chi connectivity index (χ0v) is 15.2. The van der Waals surface area contributed by atoms with E-state index in [2.05, 4.69) is 0 Å². The Balaban J connectivity index is 2.36. The van der Waals surface area contributed by atoms with Crippen LogP contribution in [0.15, 0.2) is 42.0 Å². The van der Waals surface area contributed by atoms with Gasteiger partial charge in [-0.1, -0.05) is 35.9 Å². The summed E-state index contributed by atoms with van der Waals surface area (Å²) < 4.78 is 11.4. The molecule has 0 amide bonds. The number of nitriles is 1. The number of hydrogen-bond acceptors (Lipinski definition) is 4. The van der Waals surface area contributed by atoms with Gasteiger partial charge in [0.05, 0.1) is 11.6 Å². The average Bonchev–Trinajstić information content (AvgIpc) is 2.60. The Morgan fingerprint density at radius 1 is 1.31 bits per heavy atom. The molecule has 26 heavy (non-hydrogen) atoms. The smallest absolute Gasteiger partial charge is 0.346 e. The molecule has 134 valence electrons. The third-order valence-electron chi connectivity index (χ3n) is 3.63. The molecule has 0 bridgehead atoms. The number of carboxylic acids is 1. The van der Waals surface area contributed by atoms with Crippen LogP contribution in [-0.4, -0.2) is 17.7 Å². The molecule has 1 N–H and O–H groups in total. The van der Waals surface area contributed by atoms with Crippen LogP contribution in [0.3, 0.4) is 0 Å². The summed E-state index contributed by atoms with van der Waals surface area (Å²) in [5.74, 6) is -0.535. The zero-order chi connectivity index (χ0) is 19.1. The van der Waals surface area contributed by atoms with E-state index in [-0.39, 0.29) is 5.02 Å². The lowest BCUT2D eigenvalue weighted by atomic mass is 10.1. The topological polar surface area (TPSA) is 79.5 Å². The molecule has 5 nitrogen and oxygen atoms in total. The predicted octanol–water partition coefficient (Wildman–Crippen LogP) is 4.62. The van der Waals surface area contributed by atoms with Gasteiger partial charge in [0.1, 0.15) is 18.2 Å². The van der Waals surface area contributed by atoms with Gasteiger partial charge in [-0.05, 0) is 48.7 Å². The summed E-state index contributed by atoms with van der Waals surface area (Å²) in [4.78, 5) is 11.0. The molecule has 0 spiro atoms. The second kappa shape index (κ2) is 8.93. The number of aryl methyl sites for hydroxylation is 1. The van der Waals surface area contributed by atoms with Crippen molar-refractivity contribution >= 4 is 23.6 Å². The zero-order valence-electron chi connectivity index (χ0n) is 14.5. The lowest BCUT2D eigenvalue weighted by Crippen LogP contribution is -2.02. The third kappa shape index (κ3) is 4.78. The Morgan fingerprint density at radius 2 is 2.04 bits per heavy atom. The molecule has 0 fully saturated rings. The second-order valence-electron chi connectivity index (χ2n) is 5.45. The normalized spacial score (nSPS) is 10.9. The lowest BCUT2D eigenvalue weighted by molar-refractivity contribution is -0.132. The van der Waals surface area contributed by atoms with Gasteiger partial charge in [-0.15, -0.1) is 0 Å². The van der Waals surface area contributed by atoms with Crippen LogP contribution in [0.4, 0.5) is 0 Å². The van der Waals surface area contributed by atoms with Crippen molar-refractivity contribution in [2.45, 2.75) is 20.5 Å². The van der Waals surface area contributed by atoms with Crippen LogP contribution in [0.2, 0.25) is 5.02 Å².